The smallest absolute Gasteiger partial charge is 0.237 e. The molecule has 0 spiro atoms. The molecular weight excluding hydrogens is 318 g/mol. The topological polar surface area (TPSA) is 71.4 Å². The van der Waals surface area contributed by atoms with Gasteiger partial charge in [0, 0.05) is 38.8 Å². The Balaban J connectivity index is 1.81. The number of morpholine rings is 1. The van der Waals surface area contributed by atoms with Gasteiger partial charge < -0.3 is 20.3 Å². The predicted molar refractivity (Wildman–Crippen MR) is 97.8 cm³/mol. The summed E-state index contributed by atoms with van der Waals surface area (Å²) in [7, 11) is 2.01. The Bertz CT molecular complexity index is 593. The average Bonchev–Trinajstić information content (AvgIpc) is 2.80. The highest BCUT2D eigenvalue weighted by Crippen LogP contribution is 2.29. The van der Waals surface area contributed by atoms with Crippen LogP contribution in [0.1, 0.15) is 50.3 Å². The molecule has 0 saturated carbocycles. The van der Waals surface area contributed by atoms with Gasteiger partial charge in [-0.2, -0.15) is 5.10 Å². The molecular formula is C18H31N5O2. The van der Waals surface area contributed by atoms with E-state index in [9.17, 15) is 4.79 Å². The number of ether oxygens (including phenoxy) is 1. The van der Waals surface area contributed by atoms with Gasteiger partial charge in [-0.05, 0) is 25.2 Å². The standard InChI is InChI=1S/C18H31N5O2/c1-13(2)16-14(12-20-15-6-4-5-7-19-17(15)24)18(22(3)21-16)23-8-10-25-11-9-23/h13,15,20H,4-12H2,1-3H3,(H,19,24). The van der Waals surface area contributed by atoms with E-state index in [-0.39, 0.29) is 11.9 Å². The average molecular weight is 349 g/mol. The fraction of sp³-hybridized carbons (Fsp3) is 0.778. The molecule has 1 amide bonds. The first-order chi connectivity index (χ1) is 12.1. The Morgan fingerprint density at radius 1 is 1.32 bits per heavy atom. The third kappa shape index (κ3) is 4.15. The van der Waals surface area contributed by atoms with E-state index in [1.54, 1.807) is 0 Å². The van der Waals surface area contributed by atoms with E-state index in [0.717, 1.165) is 63.6 Å². The van der Waals surface area contributed by atoms with Crippen molar-refractivity contribution < 1.29 is 9.53 Å². The van der Waals surface area contributed by atoms with Gasteiger partial charge in [0.05, 0.1) is 24.9 Å². The number of rotatable bonds is 5. The third-order valence-electron chi connectivity index (χ3n) is 5.06. The van der Waals surface area contributed by atoms with Crippen molar-refractivity contribution in [2.75, 3.05) is 37.7 Å². The zero-order chi connectivity index (χ0) is 17.8. The van der Waals surface area contributed by atoms with Gasteiger partial charge in [0.25, 0.3) is 0 Å². The number of nitrogens with zero attached hydrogens (tertiary/aromatic N) is 3. The van der Waals surface area contributed by atoms with Crippen molar-refractivity contribution in [2.24, 2.45) is 7.05 Å². The zero-order valence-corrected chi connectivity index (χ0v) is 15.7. The molecule has 3 heterocycles. The van der Waals surface area contributed by atoms with E-state index in [2.05, 4.69) is 29.4 Å². The van der Waals surface area contributed by atoms with Crippen molar-refractivity contribution in [3.63, 3.8) is 0 Å². The minimum absolute atomic E-state index is 0.111. The van der Waals surface area contributed by atoms with Crippen LogP contribution in [0.3, 0.4) is 0 Å². The summed E-state index contributed by atoms with van der Waals surface area (Å²) in [5.41, 5.74) is 2.34. The van der Waals surface area contributed by atoms with E-state index in [1.165, 1.54) is 5.56 Å². The molecule has 1 aromatic rings. The molecule has 0 radical (unpaired) electrons. The van der Waals surface area contributed by atoms with E-state index in [4.69, 9.17) is 9.84 Å². The van der Waals surface area contributed by atoms with Gasteiger partial charge in [0.1, 0.15) is 5.82 Å². The molecule has 1 unspecified atom stereocenters. The largest absolute Gasteiger partial charge is 0.378 e. The number of carbonyl (C=O) groups is 1. The number of hydrogen-bond donors (Lipinski definition) is 2. The van der Waals surface area contributed by atoms with Crippen LogP contribution < -0.4 is 15.5 Å². The van der Waals surface area contributed by atoms with Gasteiger partial charge in [-0.1, -0.05) is 13.8 Å². The summed E-state index contributed by atoms with van der Waals surface area (Å²) in [5.74, 6) is 1.63. The predicted octanol–water partition coefficient (Wildman–Crippen LogP) is 1.14. The number of aryl methyl sites for hydroxylation is 1. The zero-order valence-electron chi connectivity index (χ0n) is 15.7. The summed E-state index contributed by atoms with van der Waals surface area (Å²) in [6.07, 6.45) is 3.04. The van der Waals surface area contributed by atoms with Crippen molar-refractivity contribution in [3.8, 4) is 0 Å². The number of hydrogen-bond acceptors (Lipinski definition) is 5. The molecule has 1 atom stereocenters. The summed E-state index contributed by atoms with van der Waals surface area (Å²) in [6, 6.07) is -0.111. The number of aromatic nitrogens is 2. The second-order valence-electron chi connectivity index (χ2n) is 7.29. The highest BCUT2D eigenvalue weighted by molar-refractivity contribution is 5.81. The molecule has 2 aliphatic rings. The molecule has 2 N–H and O–H groups in total. The highest BCUT2D eigenvalue weighted by Gasteiger charge is 2.26. The molecule has 2 saturated heterocycles. The quantitative estimate of drug-likeness (QED) is 0.834. The minimum atomic E-state index is -0.111. The van der Waals surface area contributed by atoms with E-state index in [0.29, 0.717) is 12.5 Å². The molecule has 3 rings (SSSR count). The lowest BCUT2D eigenvalue weighted by molar-refractivity contribution is -0.122. The van der Waals surface area contributed by atoms with E-state index in [1.807, 2.05) is 11.7 Å². The van der Waals surface area contributed by atoms with Crippen LogP contribution in [0.4, 0.5) is 5.82 Å². The molecule has 2 aliphatic heterocycles. The summed E-state index contributed by atoms with van der Waals surface area (Å²) < 4.78 is 7.49. The first-order valence-corrected chi connectivity index (χ1v) is 9.47. The van der Waals surface area contributed by atoms with Crippen molar-refractivity contribution in [3.05, 3.63) is 11.3 Å². The Morgan fingerprint density at radius 2 is 2.08 bits per heavy atom. The van der Waals surface area contributed by atoms with Crippen LogP contribution in [0.5, 0.6) is 0 Å². The summed E-state index contributed by atoms with van der Waals surface area (Å²) in [6.45, 7) is 9.08. The fourth-order valence-corrected chi connectivity index (χ4v) is 3.74. The second-order valence-corrected chi connectivity index (χ2v) is 7.29. The molecule has 7 nitrogen and oxygen atoms in total. The maximum Gasteiger partial charge on any atom is 0.237 e. The summed E-state index contributed by atoms with van der Waals surface area (Å²) in [5, 5.41) is 11.3. The van der Waals surface area contributed by atoms with Gasteiger partial charge in [-0.25, -0.2) is 0 Å². The number of anilines is 1. The van der Waals surface area contributed by atoms with Crippen molar-refractivity contribution in [2.45, 2.75) is 51.6 Å². The van der Waals surface area contributed by atoms with Crippen LogP contribution in [-0.4, -0.2) is 54.6 Å². The molecule has 7 heteroatoms. The van der Waals surface area contributed by atoms with Gasteiger partial charge in [0.15, 0.2) is 0 Å². The Kier molecular flexibility index (Phi) is 5.96. The van der Waals surface area contributed by atoms with Gasteiger partial charge in [-0.15, -0.1) is 0 Å². The van der Waals surface area contributed by atoms with Crippen LogP contribution in [0.25, 0.3) is 0 Å². The molecule has 25 heavy (non-hydrogen) atoms. The number of nitrogens with one attached hydrogen (secondary N) is 2. The van der Waals surface area contributed by atoms with Crippen LogP contribution in [-0.2, 0) is 23.1 Å². The van der Waals surface area contributed by atoms with Crippen molar-refractivity contribution in [1.29, 1.82) is 0 Å². The molecule has 2 fully saturated rings. The fourth-order valence-electron chi connectivity index (χ4n) is 3.74. The first kappa shape index (κ1) is 18.2. The monoisotopic (exact) mass is 349 g/mol. The summed E-state index contributed by atoms with van der Waals surface area (Å²) in [4.78, 5) is 14.6. The summed E-state index contributed by atoms with van der Waals surface area (Å²) >= 11 is 0. The first-order valence-electron chi connectivity index (χ1n) is 9.47. The molecule has 140 valence electrons. The SMILES string of the molecule is CC(C)c1nn(C)c(N2CCOCC2)c1CNC1CCCCNC1=O. The molecule has 0 bridgehead atoms. The van der Waals surface area contributed by atoms with E-state index < -0.39 is 0 Å². The Hall–Kier alpha value is -1.60. The Morgan fingerprint density at radius 3 is 2.80 bits per heavy atom. The second kappa shape index (κ2) is 8.19. The van der Waals surface area contributed by atoms with Gasteiger partial charge >= 0.3 is 0 Å². The molecule has 1 aromatic heterocycles. The van der Waals surface area contributed by atoms with Gasteiger partial charge in [0.2, 0.25) is 5.91 Å². The maximum atomic E-state index is 12.2. The van der Waals surface area contributed by atoms with E-state index >= 15 is 0 Å². The lowest BCUT2D eigenvalue weighted by Gasteiger charge is -2.30. The molecule has 0 aromatic carbocycles. The third-order valence-corrected chi connectivity index (χ3v) is 5.06. The lowest BCUT2D eigenvalue weighted by Crippen LogP contribution is -2.43. The minimum Gasteiger partial charge on any atom is -0.378 e. The van der Waals surface area contributed by atoms with Gasteiger partial charge in [-0.3, -0.25) is 9.48 Å². The van der Waals surface area contributed by atoms with Crippen molar-refractivity contribution in [1.82, 2.24) is 20.4 Å². The van der Waals surface area contributed by atoms with Crippen molar-refractivity contribution >= 4 is 11.7 Å². The van der Waals surface area contributed by atoms with Crippen LogP contribution in [0, 0.1) is 0 Å². The van der Waals surface area contributed by atoms with Crippen LogP contribution in [0.2, 0.25) is 0 Å². The Labute approximate surface area is 150 Å². The number of carbonyl (C=O) groups excluding carboxylic acids is 1. The normalized spacial score (nSPS) is 22.2. The molecule has 0 aliphatic carbocycles. The van der Waals surface area contributed by atoms with Crippen LogP contribution >= 0.6 is 0 Å². The lowest BCUT2D eigenvalue weighted by atomic mass is 10.0. The van der Waals surface area contributed by atoms with Crippen LogP contribution in [0.15, 0.2) is 0 Å². The maximum absolute atomic E-state index is 12.2. The number of amides is 1. The highest BCUT2D eigenvalue weighted by atomic mass is 16.5.